The molecule has 0 N–H and O–H groups in total. The van der Waals surface area contributed by atoms with Gasteiger partial charge in [0.15, 0.2) is 0 Å². The minimum absolute atomic E-state index is 0.282. The Labute approximate surface area is 152 Å². The number of ether oxygens (including phenoxy) is 1. The molecule has 6 heteroatoms. The maximum atomic E-state index is 11.5. The number of rotatable bonds is 5. The molecule has 0 unspecified atom stereocenters. The van der Waals surface area contributed by atoms with Gasteiger partial charge in [0.2, 0.25) is 0 Å². The summed E-state index contributed by atoms with van der Waals surface area (Å²) in [6.07, 6.45) is 4.89. The van der Waals surface area contributed by atoms with Crippen LogP contribution in [0.5, 0.6) is 0 Å². The predicted octanol–water partition coefficient (Wildman–Crippen LogP) is 3.58. The topological polar surface area (TPSA) is 55.3 Å². The Kier molecular flexibility index (Phi) is 4.81. The van der Waals surface area contributed by atoms with E-state index in [1.807, 2.05) is 35.6 Å². The number of benzene rings is 1. The molecule has 0 amide bonds. The Bertz CT molecular complexity index is 731. The molecule has 2 heterocycles. The van der Waals surface area contributed by atoms with Crippen molar-refractivity contribution < 1.29 is 9.53 Å². The molecule has 25 heavy (non-hydrogen) atoms. The van der Waals surface area contributed by atoms with Crippen molar-refractivity contribution in [2.45, 2.75) is 44.1 Å². The second-order valence-electron chi connectivity index (χ2n) is 6.99. The summed E-state index contributed by atoms with van der Waals surface area (Å²) >= 11 is 1.84. The van der Waals surface area contributed by atoms with Gasteiger partial charge < -0.3 is 4.74 Å². The highest BCUT2D eigenvalue weighted by Crippen LogP contribution is 2.43. The Morgan fingerprint density at radius 2 is 1.68 bits per heavy atom. The van der Waals surface area contributed by atoms with E-state index < -0.39 is 0 Å². The molecule has 1 aliphatic heterocycles. The van der Waals surface area contributed by atoms with Crippen molar-refractivity contribution in [3.63, 3.8) is 0 Å². The highest BCUT2D eigenvalue weighted by atomic mass is 32.1. The molecule has 4 rings (SSSR count). The van der Waals surface area contributed by atoms with Crippen molar-refractivity contribution in [2.24, 2.45) is 0 Å². The quantitative estimate of drug-likeness (QED) is 0.766. The average Bonchev–Trinajstić information content (AvgIpc) is 3.39. The molecule has 2 fully saturated rings. The smallest absolute Gasteiger partial charge is 0.337 e. The van der Waals surface area contributed by atoms with E-state index in [0.717, 1.165) is 32.5 Å². The van der Waals surface area contributed by atoms with E-state index in [4.69, 9.17) is 4.74 Å². The van der Waals surface area contributed by atoms with Gasteiger partial charge >= 0.3 is 5.97 Å². The summed E-state index contributed by atoms with van der Waals surface area (Å²) < 4.78 is 4.74. The number of methoxy groups -OCH3 is 1. The van der Waals surface area contributed by atoms with Crippen LogP contribution in [-0.2, 0) is 11.3 Å². The first-order chi connectivity index (χ1) is 12.2. The zero-order valence-corrected chi connectivity index (χ0v) is 15.3. The normalized spacial score (nSPS) is 19.1. The Hall–Kier alpha value is -1.79. The third-order valence-electron chi connectivity index (χ3n) is 5.10. The summed E-state index contributed by atoms with van der Waals surface area (Å²) in [5.41, 5.74) is 1.84. The lowest BCUT2D eigenvalue weighted by atomic mass is 9.97. The van der Waals surface area contributed by atoms with E-state index in [0.29, 0.717) is 17.4 Å². The first kappa shape index (κ1) is 16.7. The molecule has 2 aromatic rings. The summed E-state index contributed by atoms with van der Waals surface area (Å²) in [7, 11) is 1.41. The molecule has 1 aliphatic carbocycles. The zero-order chi connectivity index (χ0) is 17.2. The molecule has 132 valence electrons. The van der Waals surface area contributed by atoms with Gasteiger partial charge in [0, 0.05) is 18.4 Å². The Morgan fingerprint density at radius 1 is 1.08 bits per heavy atom. The molecule has 0 bridgehead atoms. The predicted molar refractivity (Wildman–Crippen MR) is 96.9 cm³/mol. The van der Waals surface area contributed by atoms with Gasteiger partial charge in [0.1, 0.15) is 10.0 Å². The van der Waals surface area contributed by atoms with Crippen molar-refractivity contribution in [1.82, 2.24) is 15.1 Å². The van der Waals surface area contributed by atoms with Gasteiger partial charge in [-0.05, 0) is 56.5 Å². The van der Waals surface area contributed by atoms with Crippen LogP contribution >= 0.6 is 11.3 Å². The fraction of sp³-hybridized carbons (Fsp3) is 0.526. The van der Waals surface area contributed by atoms with Crippen molar-refractivity contribution in [2.75, 3.05) is 20.2 Å². The summed E-state index contributed by atoms with van der Waals surface area (Å²) in [4.78, 5) is 14.0. The van der Waals surface area contributed by atoms with Gasteiger partial charge in [-0.3, -0.25) is 4.90 Å². The SMILES string of the molecule is COC(=O)c1ccc(CN2CCC(c3nnc(C4CC4)s3)CC2)cc1. The summed E-state index contributed by atoms with van der Waals surface area (Å²) in [5.74, 6) is 0.997. The van der Waals surface area contributed by atoms with Gasteiger partial charge in [0.25, 0.3) is 0 Å². The van der Waals surface area contributed by atoms with Gasteiger partial charge in [-0.1, -0.05) is 12.1 Å². The minimum atomic E-state index is -0.282. The number of hydrogen-bond acceptors (Lipinski definition) is 6. The number of hydrogen-bond donors (Lipinski definition) is 0. The molecule has 0 spiro atoms. The van der Waals surface area contributed by atoms with Crippen molar-refractivity contribution in [1.29, 1.82) is 0 Å². The van der Waals surface area contributed by atoms with Crippen LogP contribution in [0.25, 0.3) is 0 Å². The Balaban J connectivity index is 1.30. The number of carbonyl (C=O) groups excluding carboxylic acids is 1. The standard InChI is InChI=1S/C19H23N3O2S/c1-24-19(23)16-4-2-13(3-5-16)12-22-10-8-15(9-11-22)18-21-20-17(25-18)14-6-7-14/h2-5,14-15H,6-12H2,1H3. The lowest BCUT2D eigenvalue weighted by Gasteiger charge is -2.30. The lowest BCUT2D eigenvalue weighted by Crippen LogP contribution is -2.32. The van der Waals surface area contributed by atoms with E-state index >= 15 is 0 Å². The monoisotopic (exact) mass is 357 g/mol. The van der Waals surface area contributed by atoms with E-state index in [9.17, 15) is 4.79 Å². The molecule has 1 aromatic carbocycles. The maximum absolute atomic E-state index is 11.5. The van der Waals surface area contributed by atoms with Crippen LogP contribution < -0.4 is 0 Å². The number of carbonyl (C=O) groups is 1. The third kappa shape index (κ3) is 3.90. The molecular weight excluding hydrogens is 334 g/mol. The third-order valence-corrected chi connectivity index (χ3v) is 6.35. The summed E-state index contributed by atoms with van der Waals surface area (Å²) in [6, 6.07) is 7.72. The van der Waals surface area contributed by atoms with Gasteiger partial charge in [-0.2, -0.15) is 0 Å². The molecule has 0 radical (unpaired) electrons. The van der Waals surface area contributed by atoms with Crippen LogP contribution in [0.4, 0.5) is 0 Å². The molecule has 5 nitrogen and oxygen atoms in total. The van der Waals surface area contributed by atoms with Gasteiger partial charge in [-0.25, -0.2) is 4.79 Å². The molecule has 1 aromatic heterocycles. The van der Waals surface area contributed by atoms with Crippen LogP contribution in [0.1, 0.15) is 63.5 Å². The van der Waals surface area contributed by atoms with E-state index in [-0.39, 0.29) is 5.97 Å². The van der Waals surface area contributed by atoms with Crippen LogP contribution in [0.3, 0.4) is 0 Å². The number of piperidine rings is 1. The second kappa shape index (κ2) is 7.22. The lowest BCUT2D eigenvalue weighted by molar-refractivity contribution is 0.0600. The van der Waals surface area contributed by atoms with Gasteiger partial charge in [-0.15, -0.1) is 21.5 Å². The first-order valence-corrected chi connectivity index (χ1v) is 9.77. The first-order valence-electron chi connectivity index (χ1n) is 8.96. The number of likely N-dealkylation sites (tertiary alicyclic amines) is 1. The molecule has 1 saturated heterocycles. The summed E-state index contributed by atoms with van der Waals surface area (Å²) in [6.45, 7) is 3.10. The maximum Gasteiger partial charge on any atom is 0.337 e. The van der Waals surface area contributed by atoms with E-state index in [1.165, 1.54) is 35.5 Å². The number of esters is 1. The van der Waals surface area contributed by atoms with Crippen LogP contribution in [-0.4, -0.2) is 41.3 Å². The highest BCUT2D eigenvalue weighted by Gasteiger charge is 2.30. The zero-order valence-electron chi connectivity index (χ0n) is 14.5. The highest BCUT2D eigenvalue weighted by molar-refractivity contribution is 7.11. The van der Waals surface area contributed by atoms with Crippen LogP contribution in [0, 0.1) is 0 Å². The number of aromatic nitrogens is 2. The van der Waals surface area contributed by atoms with E-state index in [2.05, 4.69) is 15.1 Å². The molecule has 0 atom stereocenters. The van der Waals surface area contributed by atoms with Crippen molar-refractivity contribution >= 4 is 17.3 Å². The molecule has 1 saturated carbocycles. The summed E-state index contributed by atoms with van der Waals surface area (Å²) in [5, 5.41) is 11.3. The fourth-order valence-corrected chi connectivity index (χ4v) is 4.55. The van der Waals surface area contributed by atoms with Crippen LogP contribution in [0.15, 0.2) is 24.3 Å². The largest absolute Gasteiger partial charge is 0.465 e. The van der Waals surface area contributed by atoms with Crippen LogP contribution in [0.2, 0.25) is 0 Å². The number of nitrogens with zero attached hydrogens (tertiary/aromatic N) is 3. The second-order valence-corrected chi connectivity index (χ2v) is 8.03. The van der Waals surface area contributed by atoms with Gasteiger partial charge in [0.05, 0.1) is 12.7 Å². The molecule has 2 aliphatic rings. The average molecular weight is 357 g/mol. The van der Waals surface area contributed by atoms with Crippen molar-refractivity contribution in [3.8, 4) is 0 Å². The molecular formula is C19H23N3O2S. The van der Waals surface area contributed by atoms with E-state index in [1.54, 1.807) is 0 Å². The minimum Gasteiger partial charge on any atom is -0.465 e. The Morgan fingerprint density at radius 3 is 2.24 bits per heavy atom. The van der Waals surface area contributed by atoms with Crippen molar-refractivity contribution in [3.05, 3.63) is 45.4 Å². The fourth-order valence-electron chi connectivity index (χ4n) is 3.37.